The molecule has 0 bridgehead atoms. The molecule has 2 aromatic rings. The summed E-state index contributed by atoms with van der Waals surface area (Å²) in [7, 11) is 0. The van der Waals surface area contributed by atoms with Crippen molar-refractivity contribution in [3.05, 3.63) is 53.6 Å². The molecular formula is C18H21NO. The maximum atomic E-state index is 5.65. The van der Waals surface area contributed by atoms with Crippen LogP contribution in [0.2, 0.25) is 0 Å². The Hall–Kier alpha value is -1.80. The molecule has 0 aliphatic carbocycles. The molecule has 0 aromatic heterocycles. The summed E-state index contributed by atoms with van der Waals surface area (Å²) >= 11 is 0. The van der Waals surface area contributed by atoms with Gasteiger partial charge in [-0.15, -0.1) is 0 Å². The summed E-state index contributed by atoms with van der Waals surface area (Å²) in [5, 5.41) is 3.43. The Balaban J connectivity index is 1.89. The average molecular weight is 267 g/mol. The smallest absolute Gasteiger partial charge is 0.119 e. The summed E-state index contributed by atoms with van der Waals surface area (Å²) in [6.45, 7) is 4.97. The van der Waals surface area contributed by atoms with Crippen LogP contribution < -0.4 is 10.1 Å². The van der Waals surface area contributed by atoms with Gasteiger partial charge in [-0.3, -0.25) is 0 Å². The molecule has 3 rings (SSSR count). The first-order valence-electron chi connectivity index (χ1n) is 7.43. The molecule has 1 heterocycles. The zero-order valence-electron chi connectivity index (χ0n) is 12.0. The van der Waals surface area contributed by atoms with Gasteiger partial charge in [0, 0.05) is 6.54 Å². The van der Waals surface area contributed by atoms with E-state index in [9.17, 15) is 0 Å². The predicted molar refractivity (Wildman–Crippen MR) is 83.1 cm³/mol. The number of hydrogen-bond donors (Lipinski definition) is 1. The number of hydrogen-bond acceptors (Lipinski definition) is 2. The predicted octanol–water partition coefficient (Wildman–Crippen LogP) is 3.79. The topological polar surface area (TPSA) is 21.3 Å². The third-order valence-corrected chi connectivity index (χ3v) is 3.78. The zero-order chi connectivity index (χ0) is 13.8. The van der Waals surface area contributed by atoms with E-state index < -0.39 is 0 Å². The summed E-state index contributed by atoms with van der Waals surface area (Å²) in [6.07, 6.45) is 2.15. The van der Waals surface area contributed by atoms with Gasteiger partial charge >= 0.3 is 0 Å². The summed E-state index contributed by atoms with van der Waals surface area (Å²) in [5.41, 5.74) is 5.58. The number of benzene rings is 2. The molecule has 2 aromatic carbocycles. The van der Waals surface area contributed by atoms with Gasteiger partial charge in [0.1, 0.15) is 5.75 Å². The molecular weight excluding hydrogens is 246 g/mol. The number of rotatable bonds is 4. The maximum absolute atomic E-state index is 5.65. The van der Waals surface area contributed by atoms with E-state index in [1.165, 1.54) is 22.3 Å². The molecule has 0 saturated carbocycles. The van der Waals surface area contributed by atoms with E-state index in [1.807, 2.05) is 0 Å². The molecule has 0 unspecified atom stereocenters. The van der Waals surface area contributed by atoms with Crippen LogP contribution in [0.3, 0.4) is 0 Å². The lowest BCUT2D eigenvalue weighted by atomic mass is 9.91. The van der Waals surface area contributed by atoms with Crippen LogP contribution in [0.25, 0.3) is 11.1 Å². The normalized spacial score (nSPS) is 13.8. The quantitative estimate of drug-likeness (QED) is 0.910. The van der Waals surface area contributed by atoms with Crippen molar-refractivity contribution >= 4 is 0 Å². The number of nitrogens with one attached hydrogen (secondary N) is 1. The molecule has 0 saturated heterocycles. The SMILES string of the molecule is CCCOc1ccc(-c2cccc3c2CCNC3)cc1. The van der Waals surface area contributed by atoms with Gasteiger partial charge in [0.25, 0.3) is 0 Å². The van der Waals surface area contributed by atoms with Crippen molar-refractivity contribution in [2.45, 2.75) is 26.3 Å². The standard InChI is InChI=1S/C18H21NO/c1-2-12-20-16-8-6-14(7-9-16)17-5-3-4-15-13-19-11-10-18(15)17/h3-9,19H,2,10-13H2,1H3. The van der Waals surface area contributed by atoms with Gasteiger partial charge in [0.05, 0.1) is 6.61 Å². The average Bonchev–Trinajstić information content (AvgIpc) is 2.53. The van der Waals surface area contributed by atoms with Gasteiger partial charge in [0.2, 0.25) is 0 Å². The van der Waals surface area contributed by atoms with Gasteiger partial charge in [-0.05, 0) is 53.8 Å². The fourth-order valence-electron chi connectivity index (χ4n) is 2.75. The minimum atomic E-state index is 0.783. The molecule has 104 valence electrons. The van der Waals surface area contributed by atoms with Crippen molar-refractivity contribution in [2.75, 3.05) is 13.2 Å². The van der Waals surface area contributed by atoms with Crippen LogP contribution in [0.5, 0.6) is 5.75 Å². The molecule has 1 aliphatic rings. The van der Waals surface area contributed by atoms with Crippen LogP contribution in [0.15, 0.2) is 42.5 Å². The Morgan fingerprint density at radius 3 is 2.75 bits per heavy atom. The molecule has 0 amide bonds. The van der Waals surface area contributed by atoms with Gasteiger partial charge < -0.3 is 10.1 Å². The van der Waals surface area contributed by atoms with Crippen molar-refractivity contribution in [1.29, 1.82) is 0 Å². The third kappa shape index (κ3) is 2.70. The first-order valence-corrected chi connectivity index (χ1v) is 7.43. The Bertz CT molecular complexity index is 574. The van der Waals surface area contributed by atoms with E-state index in [0.717, 1.165) is 38.3 Å². The fraction of sp³-hybridized carbons (Fsp3) is 0.333. The van der Waals surface area contributed by atoms with E-state index in [-0.39, 0.29) is 0 Å². The number of fused-ring (bicyclic) bond motifs is 1. The van der Waals surface area contributed by atoms with Crippen molar-refractivity contribution < 1.29 is 4.74 Å². The molecule has 1 aliphatic heterocycles. The van der Waals surface area contributed by atoms with Crippen molar-refractivity contribution in [3.63, 3.8) is 0 Å². The summed E-state index contributed by atoms with van der Waals surface area (Å²) < 4.78 is 5.65. The molecule has 20 heavy (non-hydrogen) atoms. The van der Waals surface area contributed by atoms with Crippen molar-refractivity contribution in [3.8, 4) is 16.9 Å². The van der Waals surface area contributed by atoms with Crippen LogP contribution in [-0.2, 0) is 13.0 Å². The lowest BCUT2D eigenvalue weighted by Crippen LogP contribution is -2.23. The first-order chi connectivity index (χ1) is 9.88. The molecule has 0 atom stereocenters. The Morgan fingerprint density at radius 1 is 1.10 bits per heavy atom. The third-order valence-electron chi connectivity index (χ3n) is 3.78. The fourth-order valence-corrected chi connectivity index (χ4v) is 2.75. The van der Waals surface area contributed by atoms with E-state index in [4.69, 9.17) is 4.74 Å². The second kappa shape index (κ2) is 6.10. The second-order valence-electron chi connectivity index (χ2n) is 5.24. The maximum Gasteiger partial charge on any atom is 0.119 e. The van der Waals surface area contributed by atoms with Gasteiger partial charge in [-0.25, -0.2) is 0 Å². The van der Waals surface area contributed by atoms with Crippen LogP contribution in [0, 0.1) is 0 Å². The molecule has 2 heteroatoms. The van der Waals surface area contributed by atoms with Crippen LogP contribution in [-0.4, -0.2) is 13.2 Å². The van der Waals surface area contributed by atoms with Crippen LogP contribution in [0.1, 0.15) is 24.5 Å². The summed E-state index contributed by atoms with van der Waals surface area (Å²) in [4.78, 5) is 0. The molecule has 1 N–H and O–H groups in total. The lowest BCUT2D eigenvalue weighted by Gasteiger charge is -2.20. The zero-order valence-corrected chi connectivity index (χ0v) is 12.0. The van der Waals surface area contributed by atoms with E-state index in [0.29, 0.717) is 0 Å². The summed E-state index contributed by atoms with van der Waals surface area (Å²) in [5.74, 6) is 0.960. The second-order valence-corrected chi connectivity index (χ2v) is 5.24. The lowest BCUT2D eigenvalue weighted by molar-refractivity contribution is 0.317. The highest BCUT2D eigenvalue weighted by Crippen LogP contribution is 2.29. The molecule has 2 nitrogen and oxygen atoms in total. The molecule has 0 fully saturated rings. The largest absolute Gasteiger partial charge is 0.494 e. The van der Waals surface area contributed by atoms with Crippen LogP contribution in [0.4, 0.5) is 0 Å². The minimum absolute atomic E-state index is 0.783. The van der Waals surface area contributed by atoms with Gasteiger partial charge in [-0.2, -0.15) is 0 Å². The number of ether oxygens (including phenoxy) is 1. The highest BCUT2D eigenvalue weighted by Gasteiger charge is 2.13. The van der Waals surface area contributed by atoms with Gasteiger partial charge in [0.15, 0.2) is 0 Å². The van der Waals surface area contributed by atoms with Crippen molar-refractivity contribution in [2.24, 2.45) is 0 Å². The Morgan fingerprint density at radius 2 is 1.95 bits per heavy atom. The van der Waals surface area contributed by atoms with E-state index in [2.05, 4.69) is 54.7 Å². The van der Waals surface area contributed by atoms with E-state index in [1.54, 1.807) is 0 Å². The summed E-state index contributed by atoms with van der Waals surface area (Å²) in [6, 6.07) is 15.1. The Labute approximate surface area is 120 Å². The van der Waals surface area contributed by atoms with Crippen LogP contribution >= 0.6 is 0 Å². The monoisotopic (exact) mass is 267 g/mol. The van der Waals surface area contributed by atoms with Crippen molar-refractivity contribution in [1.82, 2.24) is 5.32 Å². The molecule has 0 spiro atoms. The minimum Gasteiger partial charge on any atom is -0.494 e. The van der Waals surface area contributed by atoms with Gasteiger partial charge in [-0.1, -0.05) is 37.3 Å². The highest BCUT2D eigenvalue weighted by atomic mass is 16.5. The van der Waals surface area contributed by atoms with E-state index >= 15 is 0 Å². The Kier molecular flexibility index (Phi) is 4.03. The molecule has 0 radical (unpaired) electrons. The first kappa shape index (κ1) is 13.2. The highest BCUT2D eigenvalue weighted by molar-refractivity contribution is 5.69.